The maximum absolute atomic E-state index is 12.3. The van der Waals surface area contributed by atoms with Crippen molar-refractivity contribution >= 4 is 11.8 Å². The van der Waals surface area contributed by atoms with Crippen LogP contribution in [-0.4, -0.2) is 37.4 Å². The van der Waals surface area contributed by atoms with Gasteiger partial charge in [0.15, 0.2) is 0 Å². The molecular weight excluding hydrogens is 304 g/mol. The average Bonchev–Trinajstić information content (AvgIpc) is 3.02. The Morgan fingerprint density at radius 2 is 2.21 bits per heavy atom. The smallest absolute Gasteiger partial charge is 0.226 e. The number of methoxy groups -OCH3 is 1. The summed E-state index contributed by atoms with van der Waals surface area (Å²) < 4.78 is 5.19. The van der Waals surface area contributed by atoms with E-state index in [9.17, 15) is 9.59 Å². The number of piperidine rings is 1. The van der Waals surface area contributed by atoms with Crippen LogP contribution in [0.4, 0.5) is 0 Å². The number of nitrogens with zero attached hydrogens (tertiary/aromatic N) is 1. The lowest BCUT2D eigenvalue weighted by atomic mass is 9.77. The van der Waals surface area contributed by atoms with Gasteiger partial charge in [-0.1, -0.05) is 18.2 Å². The molecule has 1 heterocycles. The van der Waals surface area contributed by atoms with Crippen LogP contribution in [0.15, 0.2) is 36.0 Å². The molecule has 2 amide bonds. The molecule has 5 heteroatoms. The minimum Gasteiger partial charge on any atom is -0.497 e. The molecule has 1 fully saturated rings. The molecule has 1 unspecified atom stereocenters. The van der Waals surface area contributed by atoms with E-state index in [1.165, 1.54) is 0 Å². The molecule has 3 rings (SSSR count). The van der Waals surface area contributed by atoms with Gasteiger partial charge in [-0.05, 0) is 37.0 Å². The molecule has 2 aliphatic rings. The first-order chi connectivity index (χ1) is 11.5. The molecule has 0 spiro atoms. The molecule has 0 aromatic heterocycles. The Kier molecular flexibility index (Phi) is 4.60. The summed E-state index contributed by atoms with van der Waals surface area (Å²) in [5.74, 6) is 0.928. The van der Waals surface area contributed by atoms with Gasteiger partial charge in [0.05, 0.1) is 13.5 Å². The first-order valence-electron chi connectivity index (χ1n) is 8.41. The molecule has 5 nitrogen and oxygen atoms in total. The zero-order valence-corrected chi connectivity index (χ0v) is 14.3. The van der Waals surface area contributed by atoms with Crippen LogP contribution in [0, 0.1) is 5.41 Å². The SMILES string of the molecule is COc1cccc(CC(=O)NCC23CCC=C2N(C)C(=O)CC3)c1. The summed E-state index contributed by atoms with van der Waals surface area (Å²) in [6, 6.07) is 7.56. The normalized spacial score (nSPS) is 22.8. The van der Waals surface area contributed by atoms with Crippen molar-refractivity contribution in [1.29, 1.82) is 0 Å². The fourth-order valence-electron chi connectivity index (χ4n) is 3.79. The van der Waals surface area contributed by atoms with Gasteiger partial charge in [-0.25, -0.2) is 0 Å². The molecule has 1 saturated heterocycles. The van der Waals surface area contributed by atoms with Crippen molar-refractivity contribution in [3.05, 3.63) is 41.6 Å². The number of carbonyl (C=O) groups excluding carboxylic acids is 2. The highest BCUT2D eigenvalue weighted by Gasteiger charge is 2.44. The molecule has 128 valence electrons. The summed E-state index contributed by atoms with van der Waals surface area (Å²) in [6.07, 6.45) is 5.82. The molecular formula is C19H24N2O3. The number of benzene rings is 1. The molecule has 24 heavy (non-hydrogen) atoms. The molecule has 0 bridgehead atoms. The van der Waals surface area contributed by atoms with Crippen molar-refractivity contribution in [3.63, 3.8) is 0 Å². The van der Waals surface area contributed by atoms with E-state index in [2.05, 4.69) is 11.4 Å². The van der Waals surface area contributed by atoms with Crippen molar-refractivity contribution in [3.8, 4) is 5.75 Å². The van der Waals surface area contributed by atoms with Gasteiger partial charge in [0.25, 0.3) is 0 Å². The van der Waals surface area contributed by atoms with E-state index in [0.29, 0.717) is 19.4 Å². The number of allylic oxidation sites excluding steroid dienone is 1. The second-order valence-corrected chi connectivity index (χ2v) is 6.67. The average molecular weight is 328 g/mol. The first kappa shape index (κ1) is 16.6. The lowest BCUT2D eigenvalue weighted by molar-refractivity contribution is -0.132. The van der Waals surface area contributed by atoms with Crippen LogP contribution in [0.25, 0.3) is 0 Å². The van der Waals surface area contributed by atoms with Gasteiger partial charge in [-0.15, -0.1) is 0 Å². The Labute approximate surface area is 142 Å². The first-order valence-corrected chi connectivity index (χ1v) is 8.41. The third kappa shape index (κ3) is 3.16. The van der Waals surface area contributed by atoms with Crippen LogP contribution >= 0.6 is 0 Å². The minimum atomic E-state index is -0.0767. The molecule has 1 aliphatic heterocycles. The van der Waals surface area contributed by atoms with Crippen LogP contribution in [0.2, 0.25) is 0 Å². The Bertz CT molecular complexity index is 683. The maximum Gasteiger partial charge on any atom is 0.226 e. The van der Waals surface area contributed by atoms with Crippen molar-refractivity contribution in [2.45, 2.75) is 32.1 Å². The number of ether oxygens (including phenoxy) is 1. The fourth-order valence-corrected chi connectivity index (χ4v) is 3.79. The van der Waals surface area contributed by atoms with Crippen LogP contribution in [-0.2, 0) is 16.0 Å². The predicted octanol–water partition coefficient (Wildman–Crippen LogP) is 2.27. The minimum absolute atomic E-state index is 0.00318. The van der Waals surface area contributed by atoms with Gasteiger partial charge in [0, 0.05) is 31.1 Å². The van der Waals surface area contributed by atoms with Gasteiger partial charge in [0.2, 0.25) is 11.8 Å². The van der Waals surface area contributed by atoms with E-state index in [1.54, 1.807) is 12.0 Å². The molecule has 1 N–H and O–H groups in total. The van der Waals surface area contributed by atoms with E-state index in [4.69, 9.17) is 4.74 Å². The van der Waals surface area contributed by atoms with Crippen molar-refractivity contribution < 1.29 is 14.3 Å². The summed E-state index contributed by atoms with van der Waals surface area (Å²) in [4.78, 5) is 26.0. The lowest BCUT2D eigenvalue weighted by Gasteiger charge is -2.41. The zero-order valence-electron chi connectivity index (χ0n) is 14.3. The molecule has 0 radical (unpaired) electrons. The maximum atomic E-state index is 12.3. The highest BCUT2D eigenvalue weighted by Crippen LogP contribution is 2.46. The highest BCUT2D eigenvalue weighted by atomic mass is 16.5. The monoisotopic (exact) mass is 328 g/mol. The Hall–Kier alpha value is -2.30. The zero-order chi connectivity index (χ0) is 17.2. The number of hydrogen-bond donors (Lipinski definition) is 1. The van der Waals surface area contributed by atoms with Crippen molar-refractivity contribution in [1.82, 2.24) is 10.2 Å². The Morgan fingerprint density at radius 3 is 3.00 bits per heavy atom. The van der Waals surface area contributed by atoms with E-state index in [-0.39, 0.29) is 17.2 Å². The standard InChI is InChI=1S/C19H24N2O3/c1-21-16-7-4-9-19(16,10-8-18(21)23)13-20-17(22)12-14-5-3-6-15(11-14)24-2/h3,5-7,11H,4,8-10,12-13H2,1-2H3,(H,20,22). The van der Waals surface area contributed by atoms with Gasteiger partial charge < -0.3 is 15.0 Å². The third-order valence-corrected chi connectivity index (χ3v) is 5.18. The van der Waals surface area contributed by atoms with Gasteiger partial charge in [-0.3, -0.25) is 9.59 Å². The topological polar surface area (TPSA) is 58.6 Å². The van der Waals surface area contributed by atoms with E-state index < -0.39 is 0 Å². The fraction of sp³-hybridized carbons (Fsp3) is 0.474. The summed E-state index contributed by atoms with van der Waals surface area (Å²) >= 11 is 0. The van der Waals surface area contributed by atoms with Crippen LogP contribution in [0.5, 0.6) is 5.75 Å². The second-order valence-electron chi connectivity index (χ2n) is 6.67. The summed E-state index contributed by atoms with van der Waals surface area (Å²) in [6.45, 7) is 0.596. The largest absolute Gasteiger partial charge is 0.497 e. The summed E-state index contributed by atoms with van der Waals surface area (Å²) in [7, 11) is 3.46. The number of fused-ring (bicyclic) bond motifs is 1. The summed E-state index contributed by atoms with van der Waals surface area (Å²) in [5.41, 5.74) is 1.94. The molecule has 1 atom stereocenters. The predicted molar refractivity (Wildman–Crippen MR) is 91.5 cm³/mol. The van der Waals surface area contributed by atoms with Crippen molar-refractivity contribution in [2.24, 2.45) is 5.41 Å². The molecule has 0 saturated carbocycles. The van der Waals surface area contributed by atoms with E-state index in [0.717, 1.165) is 36.3 Å². The third-order valence-electron chi connectivity index (χ3n) is 5.18. The number of amides is 2. The van der Waals surface area contributed by atoms with Crippen LogP contribution < -0.4 is 10.1 Å². The van der Waals surface area contributed by atoms with Gasteiger partial charge in [0.1, 0.15) is 5.75 Å². The van der Waals surface area contributed by atoms with Crippen LogP contribution in [0.1, 0.15) is 31.2 Å². The van der Waals surface area contributed by atoms with Gasteiger partial charge >= 0.3 is 0 Å². The number of rotatable bonds is 5. The highest BCUT2D eigenvalue weighted by molar-refractivity contribution is 5.81. The lowest BCUT2D eigenvalue weighted by Crippen LogP contribution is -2.46. The number of carbonyl (C=O) groups is 2. The summed E-state index contributed by atoms with van der Waals surface area (Å²) in [5, 5.41) is 3.08. The Balaban J connectivity index is 1.61. The quantitative estimate of drug-likeness (QED) is 0.902. The van der Waals surface area contributed by atoms with E-state index >= 15 is 0 Å². The molecule has 1 aromatic rings. The molecule has 1 aliphatic carbocycles. The number of nitrogens with one attached hydrogen (secondary N) is 1. The van der Waals surface area contributed by atoms with Gasteiger partial charge in [-0.2, -0.15) is 0 Å². The Morgan fingerprint density at radius 1 is 1.38 bits per heavy atom. The van der Waals surface area contributed by atoms with E-state index in [1.807, 2.05) is 31.3 Å². The second kappa shape index (κ2) is 6.67. The number of likely N-dealkylation sites (tertiary alicyclic amines) is 1. The van der Waals surface area contributed by atoms with Crippen LogP contribution in [0.3, 0.4) is 0 Å². The number of hydrogen-bond acceptors (Lipinski definition) is 3. The molecule has 1 aromatic carbocycles. The van der Waals surface area contributed by atoms with Crippen molar-refractivity contribution in [2.75, 3.05) is 20.7 Å².